The highest BCUT2D eigenvalue weighted by molar-refractivity contribution is 5.94. The molecule has 0 fully saturated rings. The van der Waals surface area contributed by atoms with E-state index in [1.807, 2.05) is 32.0 Å². The summed E-state index contributed by atoms with van der Waals surface area (Å²) in [7, 11) is 0. The second kappa shape index (κ2) is 7.06. The molecule has 1 heterocycles. The third-order valence-corrected chi connectivity index (χ3v) is 4.46. The highest BCUT2D eigenvalue weighted by Gasteiger charge is 2.38. The molecule has 3 rings (SSSR count). The van der Waals surface area contributed by atoms with Crippen molar-refractivity contribution in [1.82, 2.24) is 9.55 Å². The molecule has 4 nitrogen and oxygen atoms in total. The van der Waals surface area contributed by atoms with Gasteiger partial charge in [0.1, 0.15) is 6.54 Å². The molecule has 0 bridgehead atoms. The van der Waals surface area contributed by atoms with Gasteiger partial charge in [-0.2, -0.15) is 13.2 Å². The molecule has 0 aliphatic rings. The quantitative estimate of drug-likeness (QED) is 0.661. The van der Waals surface area contributed by atoms with E-state index in [0.717, 1.165) is 15.7 Å². The minimum absolute atomic E-state index is 0.215. The van der Waals surface area contributed by atoms with Crippen molar-refractivity contribution in [1.29, 1.82) is 0 Å². The van der Waals surface area contributed by atoms with Crippen molar-refractivity contribution in [2.75, 3.05) is 11.4 Å². The Bertz CT molecular complexity index is 992. The molecule has 3 aromatic rings. The number of anilines is 1. The molecule has 0 spiro atoms. The molecule has 1 aromatic heterocycles. The van der Waals surface area contributed by atoms with E-state index in [0.29, 0.717) is 12.2 Å². The van der Waals surface area contributed by atoms with Gasteiger partial charge in [-0.15, -0.1) is 0 Å². The molecule has 0 radical (unpaired) electrons. The number of hydrogen-bond acceptors (Lipinski definition) is 2. The zero-order chi connectivity index (χ0) is 19.8. The van der Waals surface area contributed by atoms with Crippen LogP contribution >= 0.6 is 0 Å². The third kappa shape index (κ3) is 3.67. The number of fused-ring (bicyclic) bond motifs is 1. The van der Waals surface area contributed by atoms with E-state index in [1.54, 1.807) is 19.1 Å². The summed E-state index contributed by atoms with van der Waals surface area (Å²) < 4.78 is 41.3. The maximum absolute atomic E-state index is 13.4. The minimum atomic E-state index is -4.64. The minimum Gasteiger partial charge on any atom is -0.311 e. The Balaban J connectivity index is 2.02. The number of amides is 1. The third-order valence-electron chi connectivity index (χ3n) is 4.46. The van der Waals surface area contributed by atoms with Gasteiger partial charge in [-0.1, -0.05) is 29.8 Å². The van der Waals surface area contributed by atoms with Gasteiger partial charge in [-0.3, -0.25) is 4.79 Å². The van der Waals surface area contributed by atoms with E-state index in [-0.39, 0.29) is 11.0 Å². The molecule has 0 aliphatic carbocycles. The molecule has 27 heavy (non-hydrogen) atoms. The molecule has 0 atom stereocenters. The van der Waals surface area contributed by atoms with Gasteiger partial charge in [0.25, 0.3) is 0 Å². The van der Waals surface area contributed by atoms with E-state index >= 15 is 0 Å². The normalized spacial score (nSPS) is 11.8. The number of nitrogens with zero attached hydrogens (tertiary/aromatic N) is 3. The lowest BCUT2D eigenvalue weighted by Gasteiger charge is -2.24. The van der Waals surface area contributed by atoms with Crippen LogP contribution in [0.15, 0.2) is 42.5 Å². The first-order valence-electron chi connectivity index (χ1n) is 8.62. The molecule has 142 valence electrons. The van der Waals surface area contributed by atoms with Crippen molar-refractivity contribution in [2.24, 2.45) is 0 Å². The van der Waals surface area contributed by atoms with Gasteiger partial charge in [-0.25, -0.2) is 4.98 Å². The maximum atomic E-state index is 13.4. The van der Waals surface area contributed by atoms with Crippen LogP contribution in [0.25, 0.3) is 11.0 Å². The monoisotopic (exact) mass is 375 g/mol. The van der Waals surface area contributed by atoms with E-state index in [4.69, 9.17) is 0 Å². The number of alkyl halides is 3. The number of carbonyl (C=O) groups excluding carboxylic acids is 1. The standard InChI is InChI=1S/C20H20F3N3O/c1-4-25(16-10-9-13(2)11-14(16)3)18(27)12-26-17-8-6-5-7-15(17)24-19(26)20(21,22)23/h5-11H,4,12H2,1-3H3. The summed E-state index contributed by atoms with van der Waals surface area (Å²) in [4.78, 5) is 18.1. The van der Waals surface area contributed by atoms with Crippen molar-refractivity contribution in [3.8, 4) is 0 Å². The molecule has 0 unspecified atom stereocenters. The fourth-order valence-electron chi connectivity index (χ4n) is 3.26. The molecule has 7 heteroatoms. The number of imidazole rings is 1. The fourth-order valence-corrected chi connectivity index (χ4v) is 3.26. The Morgan fingerprint density at radius 2 is 1.85 bits per heavy atom. The Morgan fingerprint density at radius 3 is 2.48 bits per heavy atom. The van der Waals surface area contributed by atoms with Gasteiger partial charge >= 0.3 is 6.18 Å². The zero-order valence-corrected chi connectivity index (χ0v) is 15.3. The number of hydrogen-bond donors (Lipinski definition) is 0. The number of para-hydroxylation sites is 2. The van der Waals surface area contributed by atoms with Gasteiger partial charge in [0, 0.05) is 12.2 Å². The Kier molecular flexibility index (Phi) is 4.95. The lowest BCUT2D eigenvalue weighted by atomic mass is 10.1. The first-order chi connectivity index (χ1) is 12.7. The van der Waals surface area contributed by atoms with Crippen LogP contribution in [0.2, 0.25) is 0 Å². The summed E-state index contributed by atoms with van der Waals surface area (Å²) in [5, 5.41) is 0. The lowest BCUT2D eigenvalue weighted by molar-refractivity contribution is -0.147. The molecule has 2 aromatic carbocycles. The number of rotatable bonds is 4. The summed E-state index contributed by atoms with van der Waals surface area (Å²) in [6.45, 7) is 5.55. The van der Waals surface area contributed by atoms with Gasteiger partial charge < -0.3 is 9.47 Å². The average molecular weight is 375 g/mol. The SMILES string of the molecule is CCN(C(=O)Cn1c(C(F)(F)F)nc2ccccc21)c1ccc(C)cc1C. The molecule has 1 amide bonds. The molecular formula is C20H20F3N3O. The van der Waals surface area contributed by atoms with Crippen LogP contribution in [0.3, 0.4) is 0 Å². The Morgan fingerprint density at radius 1 is 1.15 bits per heavy atom. The molecule has 0 N–H and O–H groups in total. The van der Waals surface area contributed by atoms with Gasteiger partial charge in [-0.05, 0) is 44.5 Å². The maximum Gasteiger partial charge on any atom is 0.449 e. The van der Waals surface area contributed by atoms with Crippen LogP contribution in [0.4, 0.5) is 18.9 Å². The predicted molar refractivity (Wildman–Crippen MR) is 98.7 cm³/mol. The lowest BCUT2D eigenvalue weighted by Crippen LogP contribution is -2.35. The number of aromatic nitrogens is 2. The summed E-state index contributed by atoms with van der Waals surface area (Å²) >= 11 is 0. The van der Waals surface area contributed by atoms with Crippen molar-refractivity contribution >= 4 is 22.6 Å². The van der Waals surface area contributed by atoms with Gasteiger partial charge in [0.05, 0.1) is 11.0 Å². The van der Waals surface area contributed by atoms with Crippen LogP contribution in [-0.2, 0) is 17.5 Å². The highest BCUT2D eigenvalue weighted by Crippen LogP contribution is 2.32. The van der Waals surface area contributed by atoms with Crippen LogP contribution < -0.4 is 4.90 Å². The van der Waals surface area contributed by atoms with E-state index < -0.39 is 24.5 Å². The first kappa shape index (κ1) is 18.9. The van der Waals surface area contributed by atoms with E-state index in [9.17, 15) is 18.0 Å². The number of halogens is 3. The topological polar surface area (TPSA) is 38.1 Å². The second-order valence-electron chi connectivity index (χ2n) is 6.44. The van der Waals surface area contributed by atoms with Crippen molar-refractivity contribution in [2.45, 2.75) is 33.5 Å². The highest BCUT2D eigenvalue weighted by atomic mass is 19.4. The Labute approximate surface area is 155 Å². The average Bonchev–Trinajstić information content (AvgIpc) is 2.96. The van der Waals surface area contributed by atoms with Gasteiger partial charge in [0.2, 0.25) is 11.7 Å². The van der Waals surface area contributed by atoms with E-state index in [1.165, 1.54) is 17.0 Å². The zero-order valence-electron chi connectivity index (χ0n) is 15.3. The number of carbonyl (C=O) groups is 1. The summed E-state index contributed by atoms with van der Waals surface area (Å²) in [5.74, 6) is -1.48. The second-order valence-corrected chi connectivity index (χ2v) is 6.44. The van der Waals surface area contributed by atoms with Crippen molar-refractivity contribution in [3.63, 3.8) is 0 Å². The van der Waals surface area contributed by atoms with Crippen LogP contribution in [0.5, 0.6) is 0 Å². The van der Waals surface area contributed by atoms with Crippen LogP contribution in [0.1, 0.15) is 23.9 Å². The molecule has 0 saturated carbocycles. The number of aryl methyl sites for hydroxylation is 2. The summed E-state index contributed by atoms with van der Waals surface area (Å²) in [6.07, 6.45) is -4.64. The largest absolute Gasteiger partial charge is 0.449 e. The van der Waals surface area contributed by atoms with Crippen LogP contribution in [-0.4, -0.2) is 22.0 Å². The Hall–Kier alpha value is -2.83. The molecule has 0 aliphatic heterocycles. The predicted octanol–water partition coefficient (Wildman–Crippen LogP) is 4.73. The number of benzene rings is 2. The van der Waals surface area contributed by atoms with Crippen molar-refractivity contribution < 1.29 is 18.0 Å². The smallest absolute Gasteiger partial charge is 0.311 e. The van der Waals surface area contributed by atoms with Gasteiger partial charge in [0.15, 0.2) is 0 Å². The summed E-state index contributed by atoms with van der Waals surface area (Å²) in [6, 6.07) is 11.9. The van der Waals surface area contributed by atoms with Crippen LogP contribution in [0, 0.1) is 13.8 Å². The summed E-state index contributed by atoms with van der Waals surface area (Å²) in [5.41, 5.74) is 3.16. The molecular weight excluding hydrogens is 355 g/mol. The number of likely N-dealkylation sites (N-methyl/N-ethyl adjacent to an activating group) is 1. The van der Waals surface area contributed by atoms with E-state index in [2.05, 4.69) is 4.98 Å². The van der Waals surface area contributed by atoms with Crippen molar-refractivity contribution in [3.05, 3.63) is 59.4 Å². The molecule has 0 saturated heterocycles. The fraction of sp³-hybridized carbons (Fsp3) is 0.300. The first-order valence-corrected chi connectivity index (χ1v) is 8.62.